The minimum Gasteiger partial charge on any atom is -0.264 e. The molecule has 0 aliphatic heterocycles. The van der Waals surface area contributed by atoms with Crippen LogP contribution < -0.4 is 0 Å². The van der Waals surface area contributed by atoms with E-state index in [1.165, 1.54) is 22.3 Å². The van der Waals surface area contributed by atoms with E-state index >= 15 is 0 Å². The summed E-state index contributed by atoms with van der Waals surface area (Å²) in [7, 11) is 0. The van der Waals surface area contributed by atoms with Gasteiger partial charge in [0, 0.05) is 12.4 Å². The average Bonchev–Trinajstić information content (AvgIpc) is 2.29. The Morgan fingerprint density at radius 3 is 2.12 bits per heavy atom. The first-order chi connectivity index (χ1) is 7.98. The highest BCUT2D eigenvalue weighted by Gasteiger charge is 2.13. The predicted octanol–water partition coefficient (Wildman–Crippen LogP) is 4.35. The predicted molar refractivity (Wildman–Crippen MR) is 73.1 cm³/mol. The van der Waals surface area contributed by atoms with Crippen molar-refractivity contribution in [3.05, 3.63) is 53.9 Å². The number of benzene rings is 1. The zero-order chi connectivity index (χ0) is 12.5. The molecule has 0 amide bonds. The summed E-state index contributed by atoms with van der Waals surface area (Å²) in [6.07, 6.45) is 3.76. The number of hydrogen-bond donors (Lipinski definition) is 0. The highest BCUT2D eigenvalue weighted by molar-refractivity contribution is 5.66. The fourth-order valence-corrected chi connectivity index (χ4v) is 1.95. The van der Waals surface area contributed by atoms with E-state index in [1.54, 1.807) is 0 Å². The molecule has 0 radical (unpaired) electrons. The molecule has 0 fully saturated rings. The van der Waals surface area contributed by atoms with E-state index in [9.17, 15) is 0 Å². The van der Waals surface area contributed by atoms with Crippen LogP contribution in [-0.2, 0) is 5.41 Å². The SMILES string of the molecule is Cc1cnccc1-c1ccc(C(C)(C)C)cc1. The van der Waals surface area contributed by atoms with Crippen molar-refractivity contribution in [1.82, 2.24) is 4.98 Å². The van der Waals surface area contributed by atoms with Gasteiger partial charge in [0.2, 0.25) is 0 Å². The van der Waals surface area contributed by atoms with Crippen LogP contribution in [-0.4, -0.2) is 4.98 Å². The van der Waals surface area contributed by atoms with E-state index in [1.807, 2.05) is 12.4 Å². The summed E-state index contributed by atoms with van der Waals surface area (Å²) in [6, 6.07) is 10.9. The molecule has 0 atom stereocenters. The Labute approximate surface area is 104 Å². The van der Waals surface area contributed by atoms with Gasteiger partial charge in [-0.05, 0) is 40.7 Å². The van der Waals surface area contributed by atoms with Gasteiger partial charge in [-0.1, -0.05) is 45.0 Å². The van der Waals surface area contributed by atoms with Crippen LogP contribution in [0, 0.1) is 6.92 Å². The largest absolute Gasteiger partial charge is 0.264 e. The molecule has 0 aliphatic rings. The van der Waals surface area contributed by atoms with Crippen molar-refractivity contribution in [2.24, 2.45) is 0 Å². The summed E-state index contributed by atoms with van der Waals surface area (Å²) in [5.74, 6) is 0. The standard InChI is InChI=1S/C16H19N/c1-12-11-17-10-9-15(12)13-5-7-14(8-6-13)16(2,3)4/h5-11H,1-4H3. The Balaban J connectivity index is 2.40. The third-order valence-corrected chi connectivity index (χ3v) is 3.08. The number of rotatable bonds is 1. The van der Waals surface area contributed by atoms with Gasteiger partial charge >= 0.3 is 0 Å². The van der Waals surface area contributed by atoms with Crippen molar-refractivity contribution in [1.29, 1.82) is 0 Å². The second-order valence-corrected chi connectivity index (χ2v) is 5.52. The Kier molecular flexibility index (Phi) is 3.01. The van der Waals surface area contributed by atoms with E-state index in [0.29, 0.717) is 0 Å². The van der Waals surface area contributed by atoms with E-state index in [2.05, 4.69) is 63.0 Å². The molecule has 0 spiro atoms. The zero-order valence-electron chi connectivity index (χ0n) is 11.0. The Hall–Kier alpha value is -1.63. The van der Waals surface area contributed by atoms with Gasteiger partial charge in [0.05, 0.1) is 0 Å². The Morgan fingerprint density at radius 1 is 0.941 bits per heavy atom. The van der Waals surface area contributed by atoms with E-state index in [0.717, 1.165) is 0 Å². The van der Waals surface area contributed by atoms with Gasteiger partial charge in [0.25, 0.3) is 0 Å². The highest BCUT2D eigenvalue weighted by atomic mass is 14.6. The first kappa shape index (κ1) is 11.8. The third-order valence-electron chi connectivity index (χ3n) is 3.08. The molecule has 2 rings (SSSR count). The summed E-state index contributed by atoms with van der Waals surface area (Å²) < 4.78 is 0. The van der Waals surface area contributed by atoms with Crippen molar-refractivity contribution >= 4 is 0 Å². The van der Waals surface area contributed by atoms with Crippen LogP contribution in [0.25, 0.3) is 11.1 Å². The number of aromatic nitrogens is 1. The molecule has 1 aromatic carbocycles. The highest BCUT2D eigenvalue weighted by Crippen LogP contribution is 2.27. The van der Waals surface area contributed by atoms with Crippen LogP contribution >= 0.6 is 0 Å². The molecule has 0 aliphatic carbocycles. The van der Waals surface area contributed by atoms with Gasteiger partial charge in [0.1, 0.15) is 0 Å². The van der Waals surface area contributed by atoms with Crippen LogP contribution in [0.1, 0.15) is 31.9 Å². The lowest BCUT2D eigenvalue weighted by molar-refractivity contribution is 0.590. The van der Waals surface area contributed by atoms with E-state index in [4.69, 9.17) is 0 Å². The maximum absolute atomic E-state index is 4.13. The second kappa shape index (κ2) is 4.33. The van der Waals surface area contributed by atoms with Gasteiger partial charge < -0.3 is 0 Å². The molecule has 88 valence electrons. The maximum atomic E-state index is 4.13. The molecule has 1 nitrogen and oxygen atoms in total. The van der Waals surface area contributed by atoms with Gasteiger partial charge in [0.15, 0.2) is 0 Å². The minimum absolute atomic E-state index is 0.214. The fraction of sp³-hybridized carbons (Fsp3) is 0.312. The lowest BCUT2D eigenvalue weighted by Crippen LogP contribution is -2.10. The molecule has 1 heterocycles. The maximum Gasteiger partial charge on any atom is 0.0303 e. The summed E-state index contributed by atoms with van der Waals surface area (Å²) in [5, 5.41) is 0. The molecular formula is C16H19N. The van der Waals surface area contributed by atoms with Crippen molar-refractivity contribution in [2.75, 3.05) is 0 Å². The van der Waals surface area contributed by atoms with Crippen molar-refractivity contribution in [2.45, 2.75) is 33.1 Å². The lowest BCUT2D eigenvalue weighted by atomic mass is 9.86. The molecule has 0 saturated carbocycles. The van der Waals surface area contributed by atoms with Gasteiger partial charge in [-0.2, -0.15) is 0 Å². The molecule has 0 saturated heterocycles. The summed E-state index contributed by atoms with van der Waals surface area (Å²) >= 11 is 0. The number of nitrogens with zero attached hydrogens (tertiary/aromatic N) is 1. The first-order valence-corrected chi connectivity index (χ1v) is 6.00. The third kappa shape index (κ3) is 2.55. The quantitative estimate of drug-likeness (QED) is 0.703. The van der Waals surface area contributed by atoms with Crippen LogP contribution in [0.2, 0.25) is 0 Å². The van der Waals surface area contributed by atoms with E-state index < -0.39 is 0 Å². The Bertz CT molecular complexity index is 504. The molecule has 0 bridgehead atoms. The van der Waals surface area contributed by atoms with E-state index in [-0.39, 0.29) is 5.41 Å². The molecule has 1 aromatic heterocycles. The summed E-state index contributed by atoms with van der Waals surface area (Å²) in [5.41, 5.74) is 5.33. The molecular weight excluding hydrogens is 206 g/mol. The first-order valence-electron chi connectivity index (χ1n) is 6.00. The van der Waals surface area contributed by atoms with Crippen LogP contribution in [0.5, 0.6) is 0 Å². The van der Waals surface area contributed by atoms with Gasteiger partial charge in [-0.3, -0.25) is 4.98 Å². The number of aryl methyl sites for hydroxylation is 1. The Morgan fingerprint density at radius 2 is 1.59 bits per heavy atom. The van der Waals surface area contributed by atoms with Gasteiger partial charge in [-0.25, -0.2) is 0 Å². The minimum atomic E-state index is 0.214. The normalized spacial score (nSPS) is 11.5. The van der Waals surface area contributed by atoms with Crippen molar-refractivity contribution in [3.63, 3.8) is 0 Å². The van der Waals surface area contributed by atoms with Gasteiger partial charge in [-0.15, -0.1) is 0 Å². The summed E-state index contributed by atoms with van der Waals surface area (Å²) in [6.45, 7) is 8.80. The molecule has 2 aromatic rings. The topological polar surface area (TPSA) is 12.9 Å². The smallest absolute Gasteiger partial charge is 0.0303 e. The summed E-state index contributed by atoms with van der Waals surface area (Å²) in [4.78, 5) is 4.13. The molecule has 0 N–H and O–H groups in total. The monoisotopic (exact) mass is 225 g/mol. The van der Waals surface area contributed by atoms with Crippen LogP contribution in [0.15, 0.2) is 42.7 Å². The molecule has 0 unspecified atom stereocenters. The molecule has 17 heavy (non-hydrogen) atoms. The average molecular weight is 225 g/mol. The number of pyridine rings is 1. The van der Waals surface area contributed by atoms with Crippen molar-refractivity contribution < 1.29 is 0 Å². The fourth-order valence-electron chi connectivity index (χ4n) is 1.95. The van der Waals surface area contributed by atoms with Crippen LogP contribution in [0.4, 0.5) is 0 Å². The van der Waals surface area contributed by atoms with Crippen molar-refractivity contribution in [3.8, 4) is 11.1 Å². The zero-order valence-corrected chi connectivity index (χ0v) is 11.0. The number of hydrogen-bond acceptors (Lipinski definition) is 1. The molecule has 1 heteroatoms. The lowest BCUT2D eigenvalue weighted by Gasteiger charge is -2.19. The second-order valence-electron chi connectivity index (χ2n) is 5.52. The van der Waals surface area contributed by atoms with Crippen LogP contribution in [0.3, 0.4) is 0 Å².